The average molecular weight is 363 g/mol. The van der Waals surface area contributed by atoms with Crippen LogP contribution in [0.15, 0.2) is 24.3 Å². The van der Waals surface area contributed by atoms with Crippen LogP contribution in [0, 0.1) is 5.92 Å². The van der Waals surface area contributed by atoms with Crippen molar-refractivity contribution in [2.45, 2.75) is 26.2 Å². The quantitative estimate of drug-likeness (QED) is 0.602. The molecule has 0 aromatic heterocycles. The predicted octanol–water partition coefficient (Wildman–Crippen LogP) is 2.80. The standard InChI is InChI=1S/C19H30N4OS/c1-15-6-4-12-23(14-15)13-5-11-20-19(25)21-17-9-7-16(8-10-17)18(24)22(2)3/h7-10,15H,4-6,11-14H2,1-3H3,(H2,20,21,25)/t15-/m1/s1. The number of nitrogens with zero attached hydrogens (tertiary/aromatic N) is 2. The van der Waals surface area contributed by atoms with Gasteiger partial charge in [0.1, 0.15) is 0 Å². The Hall–Kier alpha value is -1.66. The lowest BCUT2D eigenvalue weighted by Gasteiger charge is -2.30. The molecule has 0 unspecified atom stereocenters. The number of likely N-dealkylation sites (tertiary alicyclic amines) is 1. The van der Waals surface area contributed by atoms with Gasteiger partial charge >= 0.3 is 0 Å². The molecule has 1 aliphatic rings. The van der Waals surface area contributed by atoms with E-state index in [9.17, 15) is 4.79 Å². The molecule has 1 amide bonds. The van der Waals surface area contributed by atoms with Crippen LogP contribution in [-0.4, -0.2) is 61.1 Å². The minimum Gasteiger partial charge on any atom is -0.362 e. The van der Waals surface area contributed by atoms with E-state index in [2.05, 4.69) is 22.5 Å². The minimum atomic E-state index is -0.000664. The molecule has 1 aromatic carbocycles. The summed E-state index contributed by atoms with van der Waals surface area (Å²) in [6, 6.07) is 7.37. The fourth-order valence-electron chi connectivity index (χ4n) is 3.12. The molecule has 0 aliphatic carbocycles. The number of amides is 1. The maximum atomic E-state index is 11.9. The van der Waals surface area contributed by atoms with E-state index in [1.807, 2.05) is 24.3 Å². The zero-order valence-corrected chi connectivity index (χ0v) is 16.4. The number of anilines is 1. The highest BCUT2D eigenvalue weighted by molar-refractivity contribution is 7.80. The van der Waals surface area contributed by atoms with Crippen LogP contribution in [0.4, 0.5) is 5.69 Å². The van der Waals surface area contributed by atoms with Gasteiger partial charge in [-0.2, -0.15) is 0 Å². The first-order valence-corrected chi connectivity index (χ1v) is 9.45. The van der Waals surface area contributed by atoms with E-state index in [1.165, 1.54) is 25.9 Å². The summed E-state index contributed by atoms with van der Waals surface area (Å²) < 4.78 is 0. The van der Waals surface area contributed by atoms with Crippen LogP contribution in [0.3, 0.4) is 0 Å². The van der Waals surface area contributed by atoms with Crippen molar-refractivity contribution in [3.8, 4) is 0 Å². The second-order valence-electron chi connectivity index (χ2n) is 7.06. The molecule has 6 heteroatoms. The van der Waals surface area contributed by atoms with E-state index < -0.39 is 0 Å². The molecule has 1 aliphatic heterocycles. The van der Waals surface area contributed by atoms with Gasteiger partial charge in [0.05, 0.1) is 0 Å². The van der Waals surface area contributed by atoms with Crippen LogP contribution in [0.1, 0.15) is 36.5 Å². The molecule has 1 saturated heterocycles. The summed E-state index contributed by atoms with van der Waals surface area (Å²) in [4.78, 5) is 16.0. The van der Waals surface area contributed by atoms with Gasteiger partial charge in [-0.3, -0.25) is 4.79 Å². The smallest absolute Gasteiger partial charge is 0.253 e. The Labute approximate surface area is 156 Å². The van der Waals surface area contributed by atoms with Crippen LogP contribution in [0.5, 0.6) is 0 Å². The van der Waals surface area contributed by atoms with Crippen molar-refractivity contribution in [1.82, 2.24) is 15.1 Å². The Morgan fingerprint density at radius 1 is 1.32 bits per heavy atom. The molecule has 0 bridgehead atoms. The number of hydrogen-bond donors (Lipinski definition) is 2. The van der Waals surface area contributed by atoms with Gasteiger partial charge in [0.25, 0.3) is 5.91 Å². The van der Waals surface area contributed by atoms with Crippen LogP contribution in [0.25, 0.3) is 0 Å². The molecule has 1 atom stereocenters. The molecule has 5 nitrogen and oxygen atoms in total. The van der Waals surface area contributed by atoms with Crippen LogP contribution in [0.2, 0.25) is 0 Å². The molecule has 1 heterocycles. The molecular weight excluding hydrogens is 332 g/mol. The molecule has 25 heavy (non-hydrogen) atoms. The first-order valence-electron chi connectivity index (χ1n) is 9.04. The highest BCUT2D eigenvalue weighted by atomic mass is 32.1. The zero-order valence-electron chi connectivity index (χ0n) is 15.5. The average Bonchev–Trinajstić information content (AvgIpc) is 2.59. The SMILES string of the molecule is C[C@@H]1CCCN(CCCNC(=S)Nc2ccc(C(=O)N(C)C)cc2)C1. The van der Waals surface area contributed by atoms with E-state index in [0.717, 1.165) is 31.1 Å². The third-order valence-electron chi connectivity index (χ3n) is 4.47. The summed E-state index contributed by atoms with van der Waals surface area (Å²) in [6.45, 7) is 6.78. The number of thiocarbonyl (C=S) groups is 1. The number of carbonyl (C=O) groups is 1. The Bertz CT molecular complexity index is 573. The van der Waals surface area contributed by atoms with E-state index >= 15 is 0 Å². The topological polar surface area (TPSA) is 47.6 Å². The van der Waals surface area contributed by atoms with Crippen molar-refractivity contribution in [3.05, 3.63) is 29.8 Å². The van der Waals surface area contributed by atoms with Crippen molar-refractivity contribution < 1.29 is 4.79 Å². The van der Waals surface area contributed by atoms with Gasteiger partial charge in [-0.25, -0.2) is 0 Å². The summed E-state index contributed by atoms with van der Waals surface area (Å²) in [5.41, 5.74) is 1.56. The Morgan fingerprint density at radius 3 is 2.68 bits per heavy atom. The summed E-state index contributed by atoms with van der Waals surface area (Å²) in [5.74, 6) is 0.825. The molecule has 0 spiro atoms. The fraction of sp³-hybridized carbons (Fsp3) is 0.579. The third kappa shape index (κ3) is 6.63. The summed E-state index contributed by atoms with van der Waals surface area (Å²) in [7, 11) is 3.50. The van der Waals surface area contributed by atoms with Gasteiger partial charge < -0.3 is 20.4 Å². The van der Waals surface area contributed by atoms with Gasteiger partial charge in [0.15, 0.2) is 5.11 Å². The number of carbonyl (C=O) groups excluding carboxylic acids is 1. The van der Waals surface area contributed by atoms with E-state index in [4.69, 9.17) is 12.2 Å². The van der Waals surface area contributed by atoms with Gasteiger partial charge in [0, 0.05) is 38.4 Å². The number of piperidine rings is 1. The zero-order chi connectivity index (χ0) is 18.2. The fourth-order valence-corrected chi connectivity index (χ4v) is 3.34. The van der Waals surface area contributed by atoms with Crippen molar-refractivity contribution >= 4 is 28.9 Å². The molecule has 0 radical (unpaired) electrons. The first-order chi connectivity index (χ1) is 12.0. The lowest BCUT2D eigenvalue weighted by atomic mass is 10.0. The lowest BCUT2D eigenvalue weighted by molar-refractivity contribution is 0.0827. The van der Waals surface area contributed by atoms with Gasteiger partial charge in [-0.1, -0.05) is 6.92 Å². The van der Waals surface area contributed by atoms with Gasteiger partial charge in [0.2, 0.25) is 0 Å². The highest BCUT2D eigenvalue weighted by Gasteiger charge is 2.15. The summed E-state index contributed by atoms with van der Waals surface area (Å²) >= 11 is 5.34. The second kappa shape index (κ2) is 9.73. The predicted molar refractivity (Wildman–Crippen MR) is 108 cm³/mol. The maximum Gasteiger partial charge on any atom is 0.253 e. The first kappa shape index (κ1) is 19.7. The molecule has 0 saturated carbocycles. The van der Waals surface area contributed by atoms with Crippen molar-refractivity contribution in [2.24, 2.45) is 5.92 Å². The monoisotopic (exact) mass is 362 g/mol. The van der Waals surface area contributed by atoms with Crippen LogP contribution >= 0.6 is 12.2 Å². The van der Waals surface area contributed by atoms with E-state index in [0.29, 0.717) is 10.7 Å². The molecule has 1 aromatic rings. The second-order valence-corrected chi connectivity index (χ2v) is 7.47. The Kier molecular flexibility index (Phi) is 7.65. The van der Waals surface area contributed by atoms with Gasteiger partial charge in [-0.05, 0) is 74.8 Å². The number of benzene rings is 1. The summed E-state index contributed by atoms with van der Waals surface area (Å²) in [5, 5.41) is 7.04. The molecule has 2 N–H and O–H groups in total. The van der Waals surface area contributed by atoms with Crippen LogP contribution in [-0.2, 0) is 0 Å². The van der Waals surface area contributed by atoms with Crippen molar-refractivity contribution in [1.29, 1.82) is 0 Å². The molecule has 138 valence electrons. The van der Waals surface area contributed by atoms with Crippen LogP contribution < -0.4 is 10.6 Å². The van der Waals surface area contributed by atoms with Gasteiger partial charge in [-0.15, -0.1) is 0 Å². The number of rotatable bonds is 6. The number of nitrogens with one attached hydrogen (secondary N) is 2. The normalized spacial score (nSPS) is 17.8. The van der Waals surface area contributed by atoms with Crippen molar-refractivity contribution in [2.75, 3.05) is 45.6 Å². The molecular formula is C19H30N4OS. The minimum absolute atomic E-state index is 0.000664. The largest absolute Gasteiger partial charge is 0.362 e. The number of hydrogen-bond acceptors (Lipinski definition) is 3. The third-order valence-corrected chi connectivity index (χ3v) is 4.72. The summed E-state index contributed by atoms with van der Waals surface area (Å²) in [6.07, 6.45) is 3.77. The maximum absolute atomic E-state index is 11.9. The Morgan fingerprint density at radius 2 is 2.04 bits per heavy atom. The van der Waals surface area contributed by atoms with Crippen molar-refractivity contribution in [3.63, 3.8) is 0 Å². The molecule has 2 rings (SSSR count). The Balaban J connectivity index is 1.67. The highest BCUT2D eigenvalue weighted by Crippen LogP contribution is 2.15. The molecule has 1 fully saturated rings. The lowest BCUT2D eigenvalue weighted by Crippen LogP contribution is -2.37. The van der Waals surface area contributed by atoms with E-state index in [1.54, 1.807) is 19.0 Å². The van der Waals surface area contributed by atoms with E-state index in [-0.39, 0.29) is 5.91 Å².